The van der Waals surface area contributed by atoms with Crippen LogP contribution in [0.2, 0.25) is 0 Å². The van der Waals surface area contributed by atoms with E-state index in [9.17, 15) is 9.90 Å². The van der Waals surface area contributed by atoms with Crippen LogP contribution in [0.5, 0.6) is 0 Å². The van der Waals surface area contributed by atoms with Crippen molar-refractivity contribution >= 4 is 5.97 Å². The summed E-state index contributed by atoms with van der Waals surface area (Å²) in [5.74, 6) is -0.433. The van der Waals surface area contributed by atoms with Crippen molar-refractivity contribution in [1.29, 1.82) is 0 Å². The van der Waals surface area contributed by atoms with Crippen LogP contribution < -0.4 is 5.32 Å². The first-order chi connectivity index (χ1) is 9.49. The molecule has 5 nitrogen and oxygen atoms in total. The Balaban J connectivity index is 2.15. The van der Waals surface area contributed by atoms with Crippen molar-refractivity contribution in [1.82, 2.24) is 10.2 Å². The van der Waals surface area contributed by atoms with Gasteiger partial charge >= 0.3 is 5.97 Å². The second-order valence-electron chi connectivity index (χ2n) is 6.46. The summed E-state index contributed by atoms with van der Waals surface area (Å²) in [5.41, 5.74) is -0.793. The number of morpholine rings is 1. The van der Waals surface area contributed by atoms with Gasteiger partial charge in [0.25, 0.3) is 0 Å². The topological polar surface area (TPSA) is 61.8 Å². The molecule has 2 aliphatic rings. The van der Waals surface area contributed by atoms with E-state index in [-0.39, 0.29) is 12.0 Å². The third kappa shape index (κ3) is 3.32. The van der Waals surface area contributed by atoms with Crippen molar-refractivity contribution in [2.75, 3.05) is 26.3 Å². The van der Waals surface area contributed by atoms with Crippen molar-refractivity contribution in [2.24, 2.45) is 5.92 Å². The molecule has 2 unspecified atom stereocenters. The molecule has 0 radical (unpaired) electrons. The first kappa shape index (κ1) is 15.7. The maximum absolute atomic E-state index is 12.0. The first-order valence-electron chi connectivity index (χ1n) is 7.82. The van der Waals surface area contributed by atoms with Gasteiger partial charge in [-0.15, -0.1) is 0 Å². The Kier molecular flexibility index (Phi) is 5.04. The maximum Gasteiger partial charge on any atom is 0.325 e. The number of carbonyl (C=O) groups is 1. The van der Waals surface area contributed by atoms with Crippen molar-refractivity contribution < 1.29 is 14.6 Å². The van der Waals surface area contributed by atoms with Crippen LogP contribution in [-0.2, 0) is 9.53 Å². The van der Waals surface area contributed by atoms with Gasteiger partial charge in [-0.05, 0) is 39.0 Å². The molecule has 5 heteroatoms. The van der Waals surface area contributed by atoms with Gasteiger partial charge in [0, 0.05) is 25.2 Å². The number of rotatable bonds is 7. The standard InChI is InChI=1S/C15H28N2O3/c1-4-13-9-20-8-7-17(13)10-15(14(18)19,12-5-6-12)16-11(2)3/h11-13,16H,4-10H2,1-3H3,(H,18,19). The van der Waals surface area contributed by atoms with E-state index in [0.29, 0.717) is 19.2 Å². The average Bonchev–Trinajstić information content (AvgIpc) is 3.22. The minimum atomic E-state index is -0.793. The lowest BCUT2D eigenvalue weighted by Crippen LogP contribution is -2.64. The first-order valence-corrected chi connectivity index (χ1v) is 7.82. The van der Waals surface area contributed by atoms with Gasteiger partial charge in [0.2, 0.25) is 0 Å². The Morgan fingerprint density at radius 3 is 2.70 bits per heavy atom. The minimum absolute atomic E-state index is 0.174. The van der Waals surface area contributed by atoms with Crippen LogP contribution >= 0.6 is 0 Å². The molecule has 0 amide bonds. The molecule has 0 bridgehead atoms. The molecular formula is C15H28N2O3. The van der Waals surface area contributed by atoms with Crippen molar-refractivity contribution in [3.05, 3.63) is 0 Å². The fourth-order valence-corrected chi connectivity index (χ4v) is 3.28. The zero-order chi connectivity index (χ0) is 14.8. The SMILES string of the molecule is CCC1COCCN1CC(NC(C)C)(C(=O)O)C1CC1. The van der Waals surface area contributed by atoms with Gasteiger partial charge in [0.05, 0.1) is 13.2 Å². The molecule has 2 atom stereocenters. The zero-order valence-corrected chi connectivity index (χ0v) is 12.9. The fourth-order valence-electron chi connectivity index (χ4n) is 3.28. The van der Waals surface area contributed by atoms with E-state index in [0.717, 1.165) is 32.4 Å². The normalized spacial score (nSPS) is 27.5. The maximum atomic E-state index is 12.0. The van der Waals surface area contributed by atoms with E-state index in [1.807, 2.05) is 13.8 Å². The molecule has 1 aliphatic heterocycles. The summed E-state index contributed by atoms with van der Waals surface area (Å²) in [6.07, 6.45) is 3.04. The Labute approximate surface area is 121 Å². The van der Waals surface area contributed by atoms with Crippen LogP contribution in [-0.4, -0.2) is 59.9 Å². The van der Waals surface area contributed by atoms with Crippen LogP contribution in [0.15, 0.2) is 0 Å². The number of hydrogen-bond acceptors (Lipinski definition) is 4. The van der Waals surface area contributed by atoms with E-state index in [1.165, 1.54) is 0 Å². The van der Waals surface area contributed by atoms with Crippen LogP contribution in [0.1, 0.15) is 40.0 Å². The van der Waals surface area contributed by atoms with E-state index in [4.69, 9.17) is 4.74 Å². The number of carboxylic acid groups (broad SMARTS) is 1. The highest BCUT2D eigenvalue weighted by molar-refractivity contribution is 5.80. The second-order valence-corrected chi connectivity index (χ2v) is 6.46. The van der Waals surface area contributed by atoms with Crippen molar-refractivity contribution in [3.63, 3.8) is 0 Å². The summed E-state index contributed by atoms with van der Waals surface area (Å²) in [4.78, 5) is 14.3. The Morgan fingerprint density at radius 2 is 2.20 bits per heavy atom. The molecule has 1 saturated carbocycles. The molecule has 1 saturated heterocycles. The summed E-state index contributed by atoms with van der Waals surface area (Å²) < 4.78 is 5.53. The highest BCUT2D eigenvalue weighted by atomic mass is 16.5. The fraction of sp³-hybridized carbons (Fsp3) is 0.933. The predicted molar refractivity (Wildman–Crippen MR) is 77.8 cm³/mol. The smallest absolute Gasteiger partial charge is 0.325 e. The molecule has 0 spiro atoms. The van der Waals surface area contributed by atoms with Gasteiger partial charge in [-0.3, -0.25) is 15.0 Å². The van der Waals surface area contributed by atoms with E-state index in [1.54, 1.807) is 0 Å². The molecule has 20 heavy (non-hydrogen) atoms. The lowest BCUT2D eigenvalue weighted by molar-refractivity contribution is -0.148. The van der Waals surface area contributed by atoms with E-state index < -0.39 is 11.5 Å². The quantitative estimate of drug-likeness (QED) is 0.738. The molecule has 116 valence electrons. The van der Waals surface area contributed by atoms with Crippen LogP contribution in [0, 0.1) is 5.92 Å². The van der Waals surface area contributed by atoms with Gasteiger partial charge in [-0.1, -0.05) is 6.92 Å². The van der Waals surface area contributed by atoms with Gasteiger partial charge in [-0.2, -0.15) is 0 Å². The monoisotopic (exact) mass is 284 g/mol. The summed E-state index contributed by atoms with van der Waals surface area (Å²) in [5, 5.41) is 13.2. The number of nitrogens with zero attached hydrogens (tertiary/aromatic N) is 1. The van der Waals surface area contributed by atoms with Gasteiger partial charge in [0.15, 0.2) is 0 Å². The summed E-state index contributed by atoms with van der Waals surface area (Å²) in [6.45, 7) is 9.04. The molecule has 0 aromatic rings. The molecule has 2 fully saturated rings. The zero-order valence-electron chi connectivity index (χ0n) is 12.9. The third-order valence-corrected chi connectivity index (χ3v) is 4.48. The number of nitrogens with one attached hydrogen (secondary N) is 1. The van der Waals surface area contributed by atoms with Crippen LogP contribution in [0.3, 0.4) is 0 Å². The molecule has 0 aromatic carbocycles. The van der Waals surface area contributed by atoms with E-state index >= 15 is 0 Å². The minimum Gasteiger partial charge on any atom is -0.480 e. The largest absolute Gasteiger partial charge is 0.480 e. The average molecular weight is 284 g/mol. The molecule has 2 N–H and O–H groups in total. The lowest BCUT2D eigenvalue weighted by Gasteiger charge is -2.42. The Morgan fingerprint density at radius 1 is 1.50 bits per heavy atom. The summed E-state index contributed by atoms with van der Waals surface area (Å²) in [7, 11) is 0. The highest BCUT2D eigenvalue weighted by Crippen LogP contribution is 2.41. The molecule has 0 aromatic heterocycles. The second kappa shape index (κ2) is 6.41. The van der Waals surface area contributed by atoms with Gasteiger partial charge in [-0.25, -0.2) is 0 Å². The number of carboxylic acids is 1. The molecule has 2 rings (SSSR count). The van der Waals surface area contributed by atoms with Crippen molar-refractivity contribution in [3.8, 4) is 0 Å². The predicted octanol–water partition coefficient (Wildman–Crippen LogP) is 1.33. The third-order valence-electron chi connectivity index (χ3n) is 4.48. The van der Waals surface area contributed by atoms with Crippen LogP contribution in [0.25, 0.3) is 0 Å². The Hall–Kier alpha value is -0.650. The number of aliphatic carboxylic acids is 1. The van der Waals surface area contributed by atoms with Crippen molar-refractivity contribution in [2.45, 2.75) is 57.7 Å². The molecule has 1 aliphatic carbocycles. The Bertz CT molecular complexity index is 344. The van der Waals surface area contributed by atoms with Crippen LogP contribution in [0.4, 0.5) is 0 Å². The number of hydrogen-bond donors (Lipinski definition) is 2. The highest BCUT2D eigenvalue weighted by Gasteiger charge is 2.52. The summed E-state index contributed by atoms with van der Waals surface area (Å²) >= 11 is 0. The number of ether oxygens (including phenoxy) is 1. The summed E-state index contributed by atoms with van der Waals surface area (Å²) in [6, 6.07) is 0.517. The molecule has 1 heterocycles. The van der Waals surface area contributed by atoms with E-state index in [2.05, 4.69) is 17.1 Å². The molecular weight excluding hydrogens is 256 g/mol. The van der Waals surface area contributed by atoms with Gasteiger partial charge in [0.1, 0.15) is 5.54 Å². The lowest BCUT2D eigenvalue weighted by atomic mass is 9.90. The van der Waals surface area contributed by atoms with Gasteiger partial charge < -0.3 is 9.84 Å².